The van der Waals surface area contributed by atoms with Crippen LogP contribution in [0.1, 0.15) is 30.9 Å². The Hall–Kier alpha value is -1.55. The molecule has 1 aromatic rings. The average Bonchev–Trinajstić information content (AvgIpc) is 2.33. The molecule has 0 fully saturated rings. The third-order valence-electron chi connectivity index (χ3n) is 2.67. The zero-order valence-corrected chi connectivity index (χ0v) is 11.2. The second kappa shape index (κ2) is 7.01. The van der Waals surface area contributed by atoms with E-state index in [4.69, 9.17) is 9.84 Å². The lowest BCUT2D eigenvalue weighted by Gasteiger charge is -2.12. The first-order chi connectivity index (χ1) is 8.54. The van der Waals surface area contributed by atoms with E-state index < -0.39 is 0 Å². The topological polar surface area (TPSA) is 58.6 Å². The summed E-state index contributed by atoms with van der Waals surface area (Å²) in [7, 11) is 0. The van der Waals surface area contributed by atoms with Crippen LogP contribution < -0.4 is 10.1 Å². The van der Waals surface area contributed by atoms with E-state index in [1.165, 1.54) is 11.1 Å². The Labute approximate surface area is 108 Å². The third kappa shape index (κ3) is 4.37. The molecule has 0 aliphatic carbocycles. The number of hydrogen-bond donors (Lipinski definition) is 2. The van der Waals surface area contributed by atoms with Gasteiger partial charge in [0.1, 0.15) is 5.75 Å². The second-order valence-corrected chi connectivity index (χ2v) is 4.54. The number of carbonyl (C=O) groups excluding carboxylic acids is 1. The van der Waals surface area contributed by atoms with E-state index in [9.17, 15) is 4.79 Å². The molecule has 2 N–H and O–H groups in total. The van der Waals surface area contributed by atoms with E-state index in [1.54, 1.807) is 0 Å². The zero-order chi connectivity index (χ0) is 13.5. The summed E-state index contributed by atoms with van der Waals surface area (Å²) in [6, 6.07) is 5.84. The molecule has 4 heteroatoms. The van der Waals surface area contributed by atoms with E-state index in [0.717, 1.165) is 0 Å². The Kier molecular flexibility index (Phi) is 5.65. The second-order valence-electron chi connectivity index (χ2n) is 4.54. The molecule has 0 aliphatic rings. The smallest absolute Gasteiger partial charge is 0.258 e. The largest absolute Gasteiger partial charge is 0.484 e. The van der Waals surface area contributed by atoms with Crippen molar-refractivity contribution in [3.63, 3.8) is 0 Å². The Morgan fingerprint density at radius 2 is 2.17 bits per heavy atom. The fourth-order valence-electron chi connectivity index (χ4n) is 1.78. The average molecular weight is 251 g/mol. The van der Waals surface area contributed by atoms with Gasteiger partial charge in [-0.15, -0.1) is 0 Å². The van der Waals surface area contributed by atoms with Crippen LogP contribution in [-0.4, -0.2) is 30.8 Å². The first kappa shape index (κ1) is 14.5. The number of aryl methyl sites for hydroxylation is 1. The van der Waals surface area contributed by atoms with Crippen molar-refractivity contribution in [2.24, 2.45) is 0 Å². The molecule has 1 rings (SSSR count). The lowest BCUT2D eigenvalue weighted by atomic mass is 9.98. The number of nitrogens with one attached hydrogen (secondary N) is 1. The fourth-order valence-corrected chi connectivity index (χ4v) is 1.78. The highest BCUT2D eigenvalue weighted by Gasteiger charge is 2.06. The Balaban J connectivity index is 2.53. The van der Waals surface area contributed by atoms with Gasteiger partial charge in [-0.1, -0.05) is 19.9 Å². The summed E-state index contributed by atoms with van der Waals surface area (Å²) in [5.74, 6) is 0.942. The molecule has 0 unspecified atom stereocenters. The van der Waals surface area contributed by atoms with Crippen LogP contribution in [0.5, 0.6) is 5.75 Å². The van der Waals surface area contributed by atoms with Crippen LogP contribution in [0.15, 0.2) is 18.2 Å². The fraction of sp³-hybridized carbons (Fsp3) is 0.500. The summed E-state index contributed by atoms with van der Waals surface area (Å²) in [5, 5.41) is 11.1. The number of aliphatic hydroxyl groups is 1. The van der Waals surface area contributed by atoms with Crippen LogP contribution in [0, 0.1) is 6.92 Å². The van der Waals surface area contributed by atoms with Crippen molar-refractivity contribution < 1.29 is 14.6 Å². The molecule has 0 aromatic heterocycles. The highest BCUT2D eigenvalue weighted by Crippen LogP contribution is 2.23. The molecule has 100 valence electrons. The van der Waals surface area contributed by atoms with Gasteiger partial charge in [-0.3, -0.25) is 4.79 Å². The number of aliphatic hydroxyl groups excluding tert-OH is 1. The molecule has 0 aliphatic heterocycles. The summed E-state index contributed by atoms with van der Waals surface area (Å²) in [5.41, 5.74) is 2.45. The molecule has 0 spiro atoms. The minimum Gasteiger partial charge on any atom is -0.484 e. The van der Waals surface area contributed by atoms with Crippen LogP contribution >= 0.6 is 0 Å². The van der Waals surface area contributed by atoms with Gasteiger partial charge in [0.25, 0.3) is 5.91 Å². The molecule has 18 heavy (non-hydrogen) atoms. The summed E-state index contributed by atoms with van der Waals surface area (Å²) >= 11 is 0. The molecular formula is C14H21NO3. The van der Waals surface area contributed by atoms with Crippen molar-refractivity contribution in [3.8, 4) is 5.75 Å². The first-order valence-electron chi connectivity index (χ1n) is 6.15. The molecule has 0 atom stereocenters. The van der Waals surface area contributed by atoms with Crippen molar-refractivity contribution in [1.29, 1.82) is 0 Å². The van der Waals surface area contributed by atoms with Gasteiger partial charge in [-0.25, -0.2) is 0 Å². The third-order valence-corrected chi connectivity index (χ3v) is 2.67. The van der Waals surface area contributed by atoms with Crippen LogP contribution in [-0.2, 0) is 4.79 Å². The Morgan fingerprint density at radius 1 is 1.44 bits per heavy atom. The lowest BCUT2D eigenvalue weighted by molar-refractivity contribution is -0.123. The van der Waals surface area contributed by atoms with Crippen LogP contribution in [0.3, 0.4) is 0 Å². The van der Waals surface area contributed by atoms with Crippen LogP contribution in [0.2, 0.25) is 0 Å². The molecule has 0 saturated heterocycles. The SMILES string of the molecule is Cc1cc(OCC(=O)NCCO)ccc1C(C)C. The minimum absolute atomic E-state index is 0.0273. The maximum absolute atomic E-state index is 11.3. The van der Waals surface area contributed by atoms with Gasteiger partial charge in [0.05, 0.1) is 6.61 Å². The standard InChI is InChI=1S/C14H21NO3/c1-10(2)13-5-4-12(8-11(13)3)18-9-14(17)15-6-7-16/h4-5,8,10,16H,6-7,9H2,1-3H3,(H,15,17). The molecular weight excluding hydrogens is 230 g/mol. The summed E-state index contributed by atoms with van der Waals surface area (Å²) < 4.78 is 5.39. The van der Waals surface area contributed by atoms with E-state index in [-0.39, 0.29) is 25.7 Å². The molecule has 0 heterocycles. The molecule has 0 radical (unpaired) electrons. The van der Waals surface area contributed by atoms with Gasteiger partial charge in [-0.2, -0.15) is 0 Å². The van der Waals surface area contributed by atoms with Gasteiger partial charge < -0.3 is 15.2 Å². The molecule has 4 nitrogen and oxygen atoms in total. The van der Waals surface area contributed by atoms with Gasteiger partial charge in [0, 0.05) is 6.54 Å². The van der Waals surface area contributed by atoms with Crippen LogP contribution in [0.25, 0.3) is 0 Å². The highest BCUT2D eigenvalue weighted by molar-refractivity contribution is 5.77. The van der Waals surface area contributed by atoms with Crippen molar-refractivity contribution >= 4 is 5.91 Å². The summed E-state index contributed by atoms with van der Waals surface area (Å²) in [6.45, 7) is 6.49. The predicted molar refractivity (Wildman–Crippen MR) is 70.9 cm³/mol. The Morgan fingerprint density at radius 3 is 2.72 bits per heavy atom. The van der Waals surface area contributed by atoms with E-state index >= 15 is 0 Å². The summed E-state index contributed by atoms with van der Waals surface area (Å²) in [6.07, 6.45) is 0. The zero-order valence-electron chi connectivity index (χ0n) is 11.2. The number of amides is 1. The number of carbonyl (C=O) groups is 1. The lowest BCUT2D eigenvalue weighted by Crippen LogP contribution is -2.31. The highest BCUT2D eigenvalue weighted by atomic mass is 16.5. The van der Waals surface area contributed by atoms with Crippen molar-refractivity contribution in [3.05, 3.63) is 29.3 Å². The van der Waals surface area contributed by atoms with Gasteiger partial charge in [-0.05, 0) is 36.1 Å². The predicted octanol–water partition coefficient (Wildman–Crippen LogP) is 1.61. The van der Waals surface area contributed by atoms with Crippen molar-refractivity contribution in [2.75, 3.05) is 19.8 Å². The van der Waals surface area contributed by atoms with Crippen molar-refractivity contribution in [1.82, 2.24) is 5.32 Å². The number of rotatable bonds is 6. The number of hydrogen-bond acceptors (Lipinski definition) is 3. The van der Waals surface area contributed by atoms with Gasteiger partial charge >= 0.3 is 0 Å². The number of ether oxygens (including phenoxy) is 1. The minimum atomic E-state index is -0.227. The van der Waals surface area contributed by atoms with Crippen LogP contribution in [0.4, 0.5) is 0 Å². The van der Waals surface area contributed by atoms with Crippen molar-refractivity contribution in [2.45, 2.75) is 26.7 Å². The molecule has 1 aromatic carbocycles. The van der Waals surface area contributed by atoms with E-state index in [1.807, 2.05) is 25.1 Å². The number of benzene rings is 1. The molecule has 0 saturated carbocycles. The quantitative estimate of drug-likeness (QED) is 0.807. The molecule has 0 bridgehead atoms. The Bertz CT molecular complexity index is 402. The first-order valence-corrected chi connectivity index (χ1v) is 6.15. The van der Waals surface area contributed by atoms with E-state index in [2.05, 4.69) is 19.2 Å². The maximum Gasteiger partial charge on any atom is 0.258 e. The van der Waals surface area contributed by atoms with E-state index in [0.29, 0.717) is 11.7 Å². The van der Waals surface area contributed by atoms with Gasteiger partial charge in [0.15, 0.2) is 6.61 Å². The normalized spacial score (nSPS) is 10.5. The molecule has 1 amide bonds. The van der Waals surface area contributed by atoms with Gasteiger partial charge in [0.2, 0.25) is 0 Å². The summed E-state index contributed by atoms with van der Waals surface area (Å²) in [4.78, 5) is 11.3. The maximum atomic E-state index is 11.3. The monoisotopic (exact) mass is 251 g/mol.